The van der Waals surface area contributed by atoms with Crippen LogP contribution < -0.4 is 0 Å². The number of rotatable bonds is 3. The number of thiophene rings is 1. The van der Waals surface area contributed by atoms with Gasteiger partial charge in [-0.25, -0.2) is 4.98 Å². The van der Waals surface area contributed by atoms with E-state index in [4.69, 9.17) is 11.6 Å². The summed E-state index contributed by atoms with van der Waals surface area (Å²) >= 11 is 7.49. The van der Waals surface area contributed by atoms with Gasteiger partial charge in [-0.1, -0.05) is 23.7 Å². The van der Waals surface area contributed by atoms with Gasteiger partial charge in [0.05, 0.1) is 21.9 Å². The second kappa shape index (κ2) is 4.72. The van der Waals surface area contributed by atoms with Crippen LogP contribution in [0.1, 0.15) is 10.7 Å². The molecule has 3 aromatic rings. The Hall–Kier alpha value is -1.36. The zero-order valence-corrected chi connectivity index (χ0v) is 11.1. The second-order valence-electron chi connectivity index (χ2n) is 3.97. The monoisotopic (exact) mass is 278 g/mol. The number of aliphatic hydroxyl groups excluding tert-OH is 1. The molecule has 2 heterocycles. The van der Waals surface area contributed by atoms with Crippen LogP contribution in [0.25, 0.3) is 11.0 Å². The highest BCUT2D eigenvalue weighted by molar-refractivity contribution is 7.16. The highest BCUT2D eigenvalue weighted by Gasteiger charge is 2.10. The van der Waals surface area contributed by atoms with Gasteiger partial charge in [0.15, 0.2) is 0 Å². The van der Waals surface area contributed by atoms with Crippen molar-refractivity contribution >= 4 is 34.0 Å². The highest BCUT2D eigenvalue weighted by atomic mass is 35.5. The zero-order valence-electron chi connectivity index (χ0n) is 9.51. The van der Waals surface area contributed by atoms with E-state index in [0.29, 0.717) is 12.4 Å². The van der Waals surface area contributed by atoms with Crippen LogP contribution in [0.15, 0.2) is 36.4 Å². The molecule has 0 unspecified atom stereocenters. The summed E-state index contributed by atoms with van der Waals surface area (Å²) in [5.41, 5.74) is 1.94. The lowest BCUT2D eigenvalue weighted by Gasteiger charge is -2.05. The van der Waals surface area contributed by atoms with Crippen molar-refractivity contribution in [2.45, 2.75) is 13.2 Å². The Balaban J connectivity index is 2.09. The summed E-state index contributed by atoms with van der Waals surface area (Å²) in [5.74, 6) is 0.681. The first-order valence-corrected chi connectivity index (χ1v) is 6.76. The van der Waals surface area contributed by atoms with Crippen LogP contribution in [0, 0.1) is 0 Å². The van der Waals surface area contributed by atoms with Crippen LogP contribution in [-0.4, -0.2) is 14.7 Å². The minimum atomic E-state index is -0.0617. The van der Waals surface area contributed by atoms with E-state index in [9.17, 15) is 5.11 Å². The molecule has 0 saturated carbocycles. The zero-order chi connectivity index (χ0) is 12.5. The highest BCUT2D eigenvalue weighted by Crippen LogP contribution is 2.24. The van der Waals surface area contributed by atoms with Gasteiger partial charge >= 0.3 is 0 Å². The Morgan fingerprint density at radius 3 is 2.78 bits per heavy atom. The summed E-state index contributed by atoms with van der Waals surface area (Å²) in [5, 5.41) is 9.40. The smallest absolute Gasteiger partial charge is 0.136 e. The SMILES string of the molecule is OCc1nc2ccccc2n1Cc1ccc(Cl)s1. The Labute approximate surface area is 113 Å². The number of aliphatic hydroxyl groups is 1. The molecule has 0 aliphatic heterocycles. The first-order valence-electron chi connectivity index (χ1n) is 5.57. The number of hydrogen-bond acceptors (Lipinski definition) is 3. The first-order chi connectivity index (χ1) is 8.78. The Bertz CT molecular complexity index is 689. The van der Waals surface area contributed by atoms with E-state index in [0.717, 1.165) is 20.2 Å². The van der Waals surface area contributed by atoms with Crippen LogP contribution in [0.2, 0.25) is 4.34 Å². The molecule has 3 rings (SSSR count). The van der Waals surface area contributed by atoms with Crippen LogP contribution in [0.4, 0.5) is 0 Å². The molecule has 2 aromatic heterocycles. The fourth-order valence-electron chi connectivity index (χ4n) is 2.02. The van der Waals surface area contributed by atoms with Crippen LogP contribution in [0.5, 0.6) is 0 Å². The Morgan fingerprint density at radius 2 is 2.06 bits per heavy atom. The van der Waals surface area contributed by atoms with Crippen molar-refractivity contribution in [1.82, 2.24) is 9.55 Å². The van der Waals surface area contributed by atoms with E-state index in [-0.39, 0.29) is 6.61 Å². The van der Waals surface area contributed by atoms with Crippen molar-refractivity contribution in [2.75, 3.05) is 0 Å². The van der Waals surface area contributed by atoms with Crippen molar-refractivity contribution in [2.24, 2.45) is 0 Å². The largest absolute Gasteiger partial charge is 0.388 e. The van der Waals surface area contributed by atoms with Crippen LogP contribution in [-0.2, 0) is 13.2 Å². The molecule has 5 heteroatoms. The van der Waals surface area contributed by atoms with Crippen molar-refractivity contribution in [1.29, 1.82) is 0 Å². The quantitative estimate of drug-likeness (QED) is 0.798. The minimum Gasteiger partial charge on any atom is -0.388 e. The predicted octanol–water partition coefficient (Wildman–Crippen LogP) is 3.29. The maximum absolute atomic E-state index is 9.40. The number of imidazole rings is 1. The first kappa shape index (κ1) is 11.7. The number of hydrogen-bond donors (Lipinski definition) is 1. The summed E-state index contributed by atoms with van der Waals surface area (Å²) in [6.07, 6.45) is 0. The molecule has 0 fully saturated rings. The van der Waals surface area contributed by atoms with Crippen LogP contribution >= 0.6 is 22.9 Å². The topological polar surface area (TPSA) is 38.1 Å². The van der Waals surface area contributed by atoms with Gasteiger partial charge in [-0.3, -0.25) is 0 Å². The normalized spacial score (nSPS) is 11.2. The van der Waals surface area contributed by atoms with Crippen LogP contribution in [0.3, 0.4) is 0 Å². The predicted molar refractivity (Wildman–Crippen MR) is 74.1 cm³/mol. The fraction of sp³-hybridized carbons (Fsp3) is 0.154. The molecule has 0 aliphatic rings. The number of para-hydroxylation sites is 2. The summed E-state index contributed by atoms with van der Waals surface area (Å²) in [6.45, 7) is 0.627. The van der Waals surface area contributed by atoms with Crippen molar-refractivity contribution < 1.29 is 5.11 Å². The van der Waals surface area contributed by atoms with E-state index in [1.165, 1.54) is 0 Å². The lowest BCUT2D eigenvalue weighted by molar-refractivity contribution is 0.267. The van der Waals surface area contributed by atoms with Gasteiger partial charge in [0.2, 0.25) is 0 Å². The third-order valence-electron chi connectivity index (χ3n) is 2.82. The second-order valence-corrected chi connectivity index (χ2v) is 5.77. The molecule has 0 spiro atoms. The van der Waals surface area contributed by atoms with Gasteiger partial charge in [0.25, 0.3) is 0 Å². The standard InChI is InChI=1S/C13H11ClN2OS/c14-12-6-5-9(18-12)7-16-11-4-2-1-3-10(11)15-13(16)8-17/h1-6,17H,7-8H2. The summed E-state index contributed by atoms with van der Waals surface area (Å²) in [6, 6.07) is 11.8. The van der Waals surface area contributed by atoms with E-state index < -0.39 is 0 Å². The average Bonchev–Trinajstić information content (AvgIpc) is 2.94. The van der Waals surface area contributed by atoms with E-state index in [2.05, 4.69) is 4.98 Å². The van der Waals surface area contributed by atoms with Crippen molar-refractivity contribution in [3.63, 3.8) is 0 Å². The average molecular weight is 279 g/mol. The number of fused-ring (bicyclic) bond motifs is 1. The molecule has 18 heavy (non-hydrogen) atoms. The molecular weight excluding hydrogens is 268 g/mol. The molecule has 1 aromatic carbocycles. The third kappa shape index (κ3) is 2.03. The fourth-order valence-corrected chi connectivity index (χ4v) is 3.09. The maximum atomic E-state index is 9.40. The summed E-state index contributed by atoms with van der Waals surface area (Å²) in [7, 11) is 0. The molecule has 1 N–H and O–H groups in total. The molecule has 0 amide bonds. The van der Waals surface area contributed by atoms with Gasteiger partial charge in [-0.15, -0.1) is 11.3 Å². The van der Waals surface area contributed by atoms with E-state index in [1.54, 1.807) is 11.3 Å². The number of benzene rings is 1. The van der Waals surface area contributed by atoms with Gasteiger partial charge in [0.1, 0.15) is 12.4 Å². The lowest BCUT2D eigenvalue weighted by Crippen LogP contribution is -2.03. The molecule has 0 bridgehead atoms. The van der Waals surface area contributed by atoms with E-state index in [1.807, 2.05) is 41.0 Å². The van der Waals surface area contributed by atoms with Crippen molar-refractivity contribution in [3.8, 4) is 0 Å². The van der Waals surface area contributed by atoms with Gasteiger partial charge in [-0.05, 0) is 24.3 Å². The molecule has 0 aliphatic carbocycles. The molecule has 0 atom stereocenters. The minimum absolute atomic E-state index is 0.0617. The number of halogens is 1. The molecule has 3 nitrogen and oxygen atoms in total. The van der Waals surface area contributed by atoms with E-state index >= 15 is 0 Å². The summed E-state index contributed by atoms with van der Waals surface area (Å²) in [4.78, 5) is 5.57. The third-order valence-corrected chi connectivity index (χ3v) is 4.03. The number of aromatic nitrogens is 2. The molecule has 0 radical (unpaired) electrons. The summed E-state index contributed by atoms with van der Waals surface area (Å²) < 4.78 is 2.80. The lowest BCUT2D eigenvalue weighted by atomic mass is 10.3. The van der Waals surface area contributed by atoms with Gasteiger partial charge in [0, 0.05) is 4.88 Å². The Morgan fingerprint density at radius 1 is 1.22 bits per heavy atom. The maximum Gasteiger partial charge on any atom is 0.136 e. The van der Waals surface area contributed by atoms with Gasteiger partial charge < -0.3 is 9.67 Å². The molecule has 92 valence electrons. The number of nitrogens with zero attached hydrogens (tertiary/aromatic N) is 2. The molecular formula is C13H11ClN2OS. The molecule has 0 saturated heterocycles. The van der Waals surface area contributed by atoms with Gasteiger partial charge in [-0.2, -0.15) is 0 Å². The van der Waals surface area contributed by atoms with Crippen molar-refractivity contribution in [3.05, 3.63) is 51.4 Å². The Kier molecular flexibility index (Phi) is 3.07.